The largest absolute Gasteiger partial charge is 0.513 e. The van der Waals surface area contributed by atoms with Gasteiger partial charge < -0.3 is 47.4 Å². The van der Waals surface area contributed by atoms with Crippen molar-refractivity contribution in [3.8, 4) is 5.75 Å². The maximum absolute atomic E-state index is 11.6. The number of non-ortho nitro benzene ring substituents is 1. The van der Waals surface area contributed by atoms with Crippen LogP contribution in [0.3, 0.4) is 0 Å². The first-order valence-electron chi connectivity index (χ1n) is 13.4. The molecule has 0 aliphatic heterocycles. The highest BCUT2D eigenvalue weighted by molar-refractivity contribution is 5.86. The Balaban J connectivity index is 1.73. The number of nitro groups is 1. The highest BCUT2D eigenvalue weighted by atomic mass is 16.7. The van der Waals surface area contributed by atoms with Gasteiger partial charge in [0.2, 0.25) is 0 Å². The summed E-state index contributed by atoms with van der Waals surface area (Å²) in [5, 5.41) is 10.6. The molecular formula is C27H41NO14. The molecule has 0 aliphatic rings. The molecule has 15 nitrogen and oxygen atoms in total. The van der Waals surface area contributed by atoms with E-state index in [-0.39, 0.29) is 31.3 Å². The van der Waals surface area contributed by atoms with Crippen LogP contribution in [0.2, 0.25) is 0 Å². The predicted octanol–water partition coefficient (Wildman–Crippen LogP) is 2.35. The van der Waals surface area contributed by atoms with E-state index in [9.17, 15) is 19.7 Å². The summed E-state index contributed by atoms with van der Waals surface area (Å²) in [6.45, 7) is 10.7. The zero-order valence-electron chi connectivity index (χ0n) is 24.0. The molecule has 15 heteroatoms. The molecule has 0 bridgehead atoms. The van der Waals surface area contributed by atoms with Crippen molar-refractivity contribution >= 4 is 17.8 Å². The van der Waals surface area contributed by atoms with Gasteiger partial charge in [0, 0.05) is 17.7 Å². The van der Waals surface area contributed by atoms with E-state index in [1.807, 2.05) is 0 Å². The first-order valence-corrected chi connectivity index (χ1v) is 13.4. The van der Waals surface area contributed by atoms with Crippen LogP contribution in [-0.2, 0) is 47.4 Å². The fraction of sp³-hybridized carbons (Fsp3) is 0.630. The van der Waals surface area contributed by atoms with Crippen LogP contribution in [0.1, 0.15) is 6.92 Å². The molecule has 0 aliphatic carbocycles. The van der Waals surface area contributed by atoms with E-state index in [2.05, 4.69) is 6.58 Å². The summed E-state index contributed by atoms with van der Waals surface area (Å²) in [7, 11) is 0. The number of rotatable bonds is 27. The third-order valence-electron chi connectivity index (χ3n) is 4.74. The molecule has 0 fully saturated rings. The van der Waals surface area contributed by atoms with E-state index in [0.717, 1.165) is 0 Å². The van der Waals surface area contributed by atoms with Gasteiger partial charge in [0.05, 0.1) is 97.4 Å². The molecule has 0 saturated heterocycles. The van der Waals surface area contributed by atoms with Crippen molar-refractivity contribution in [1.82, 2.24) is 0 Å². The van der Waals surface area contributed by atoms with Gasteiger partial charge in [0.1, 0.15) is 19.0 Å². The lowest BCUT2D eigenvalue weighted by Crippen LogP contribution is -2.16. The molecule has 0 atom stereocenters. The molecule has 0 N–H and O–H groups in total. The molecule has 1 rings (SSSR count). The van der Waals surface area contributed by atoms with Crippen LogP contribution in [0.4, 0.5) is 10.5 Å². The SMILES string of the molecule is C=C(C)C(=O)OCCOCCOCCOCCOCCOCCOCCOCCOC(=O)Oc1ccc([N+](=O)[O-])cc1. The fourth-order valence-electron chi connectivity index (χ4n) is 2.68. The molecule has 1 aromatic rings. The van der Waals surface area contributed by atoms with Gasteiger partial charge in [-0.3, -0.25) is 10.1 Å². The number of hydrogen-bond acceptors (Lipinski definition) is 14. The van der Waals surface area contributed by atoms with Crippen LogP contribution in [0.15, 0.2) is 36.4 Å². The normalized spacial score (nSPS) is 10.8. The summed E-state index contributed by atoms with van der Waals surface area (Å²) < 4.78 is 52.2. The Bertz CT molecular complexity index is 880. The number of hydrogen-bond donors (Lipinski definition) is 0. The van der Waals surface area contributed by atoms with Gasteiger partial charge >= 0.3 is 12.1 Å². The molecular weight excluding hydrogens is 562 g/mol. The molecule has 0 radical (unpaired) electrons. The first kappa shape index (κ1) is 36.8. The number of nitrogens with zero attached hydrogens (tertiary/aromatic N) is 1. The van der Waals surface area contributed by atoms with Gasteiger partial charge in [-0.25, -0.2) is 9.59 Å². The summed E-state index contributed by atoms with van der Waals surface area (Å²) >= 11 is 0. The average Bonchev–Trinajstić information content (AvgIpc) is 2.97. The summed E-state index contributed by atoms with van der Waals surface area (Å²) in [6.07, 6.45) is -0.931. The Morgan fingerprint density at radius 2 is 0.952 bits per heavy atom. The number of nitro benzene ring substituents is 1. The third kappa shape index (κ3) is 21.6. The molecule has 42 heavy (non-hydrogen) atoms. The van der Waals surface area contributed by atoms with E-state index >= 15 is 0 Å². The summed E-state index contributed by atoms with van der Waals surface area (Å²) in [4.78, 5) is 32.8. The van der Waals surface area contributed by atoms with Crippen LogP contribution < -0.4 is 4.74 Å². The number of carbonyl (C=O) groups is 2. The molecule has 0 spiro atoms. The van der Waals surface area contributed by atoms with Gasteiger partial charge in [0.25, 0.3) is 5.69 Å². The standard InChI is InChI=1S/C27H41NO14/c1-23(2)26(29)40-21-19-38-17-15-36-13-11-34-9-7-33-8-10-35-12-14-37-16-18-39-20-22-41-27(30)42-25-5-3-24(4-6-25)28(31)32/h3-6H,1,7-22H2,2H3. The van der Waals surface area contributed by atoms with E-state index in [1.54, 1.807) is 6.92 Å². The van der Waals surface area contributed by atoms with Crippen molar-refractivity contribution in [2.75, 3.05) is 106 Å². The van der Waals surface area contributed by atoms with Crippen LogP contribution in [0.25, 0.3) is 0 Å². The average molecular weight is 604 g/mol. The van der Waals surface area contributed by atoms with Gasteiger partial charge in [-0.2, -0.15) is 0 Å². The smallest absolute Gasteiger partial charge is 0.460 e. The van der Waals surface area contributed by atoms with Gasteiger partial charge in [-0.05, 0) is 19.1 Å². The number of benzene rings is 1. The Kier molecular flexibility index (Phi) is 22.4. The second-order valence-electron chi connectivity index (χ2n) is 8.15. The van der Waals surface area contributed by atoms with Gasteiger partial charge in [0.15, 0.2) is 0 Å². The second kappa shape index (κ2) is 25.5. The van der Waals surface area contributed by atoms with Crippen molar-refractivity contribution in [2.45, 2.75) is 6.92 Å². The lowest BCUT2D eigenvalue weighted by atomic mass is 10.3. The zero-order valence-corrected chi connectivity index (χ0v) is 24.0. The lowest BCUT2D eigenvalue weighted by molar-refractivity contribution is -0.384. The molecule has 1 aromatic carbocycles. The molecule has 0 saturated carbocycles. The van der Waals surface area contributed by atoms with E-state index < -0.39 is 17.0 Å². The van der Waals surface area contributed by atoms with Crippen LogP contribution in [0, 0.1) is 10.1 Å². The van der Waals surface area contributed by atoms with Gasteiger partial charge in [-0.15, -0.1) is 0 Å². The first-order chi connectivity index (χ1) is 20.4. The Morgan fingerprint density at radius 1 is 0.619 bits per heavy atom. The van der Waals surface area contributed by atoms with Crippen LogP contribution in [-0.4, -0.2) is 123 Å². The van der Waals surface area contributed by atoms with Crippen molar-refractivity contribution in [3.63, 3.8) is 0 Å². The minimum Gasteiger partial charge on any atom is -0.460 e. The number of carbonyl (C=O) groups excluding carboxylic acids is 2. The minimum atomic E-state index is -0.931. The second-order valence-corrected chi connectivity index (χ2v) is 8.15. The summed E-state index contributed by atoms with van der Waals surface area (Å²) in [6, 6.07) is 5.05. The monoisotopic (exact) mass is 603 g/mol. The van der Waals surface area contributed by atoms with Crippen molar-refractivity contribution in [3.05, 3.63) is 46.5 Å². The Hall–Kier alpha value is -3.18. The highest BCUT2D eigenvalue weighted by Crippen LogP contribution is 2.17. The molecule has 0 unspecified atom stereocenters. The highest BCUT2D eigenvalue weighted by Gasteiger charge is 2.09. The number of ether oxygens (including phenoxy) is 10. The van der Waals surface area contributed by atoms with Crippen LogP contribution >= 0.6 is 0 Å². The quantitative estimate of drug-likeness (QED) is 0.0358. The molecule has 0 amide bonds. The predicted molar refractivity (Wildman–Crippen MR) is 147 cm³/mol. The van der Waals surface area contributed by atoms with E-state index in [1.165, 1.54) is 24.3 Å². The zero-order chi connectivity index (χ0) is 30.7. The molecule has 0 aromatic heterocycles. The molecule has 238 valence electrons. The number of esters is 1. The lowest BCUT2D eigenvalue weighted by Gasteiger charge is -2.09. The summed E-state index contributed by atoms with van der Waals surface area (Å²) in [5.41, 5.74) is 0.247. The Morgan fingerprint density at radius 3 is 1.29 bits per heavy atom. The fourth-order valence-corrected chi connectivity index (χ4v) is 2.68. The van der Waals surface area contributed by atoms with Crippen molar-refractivity contribution in [1.29, 1.82) is 0 Å². The minimum absolute atomic E-state index is 0.0117. The van der Waals surface area contributed by atoms with E-state index in [4.69, 9.17) is 47.4 Å². The van der Waals surface area contributed by atoms with Crippen molar-refractivity contribution < 1.29 is 61.9 Å². The maximum Gasteiger partial charge on any atom is 0.513 e. The van der Waals surface area contributed by atoms with Crippen molar-refractivity contribution in [2.24, 2.45) is 0 Å². The topological polar surface area (TPSA) is 170 Å². The van der Waals surface area contributed by atoms with Gasteiger partial charge in [-0.1, -0.05) is 6.58 Å². The summed E-state index contributed by atoms with van der Waals surface area (Å²) in [5.74, 6) is -0.290. The van der Waals surface area contributed by atoms with E-state index in [0.29, 0.717) is 91.5 Å². The molecule has 0 heterocycles. The Labute approximate surface area is 245 Å². The van der Waals surface area contributed by atoms with Crippen LogP contribution in [0.5, 0.6) is 5.75 Å². The maximum atomic E-state index is 11.6. The third-order valence-corrected chi connectivity index (χ3v) is 4.74.